The minimum absolute atomic E-state index is 0.161. The van der Waals surface area contributed by atoms with Gasteiger partial charge in [0, 0.05) is 11.8 Å². The largest absolute Gasteiger partial charge is 0.496 e. The van der Waals surface area contributed by atoms with Crippen LogP contribution in [-0.4, -0.2) is 22.9 Å². The highest BCUT2D eigenvalue weighted by Crippen LogP contribution is 2.22. The Balaban J connectivity index is 1.95. The molecule has 0 spiro atoms. The first-order valence-electron chi connectivity index (χ1n) is 6.58. The molecule has 0 aliphatic carbocycles. The number of benzene rings is 2. The third-order valence-corrected chi connectivity index (χ3v) is 3.21. The fraction of sp³-hybridized carbons (Fsp3) is 0.0588. The Bertz CT molecular complexity index is 763. The van der Waals surface area contributed by atoms with Crippen LogP contribution in [0.25, 0.3) is 11.4 Å². The van der Waals surface area contributed by atoms with Gasteiger partial charge in [-0.05, 0) is 12.1 Å². The van der Waals surface area contributed by atoms with Crippen molar-refractivity contribution in [2.45, 2.75) is 0 Å². The summed E-state index contributed by atoms with van der Waals surface area (Å²) in [6, 6.07) is 16.8. The highest BCUT2D eigenvalue weighted by molar-refractivity contribution is 6.09. The molecular weight excluding hydrogens is 264 g/mol. The van der Waals surface area contributed by atoms with Crippen molar-refractivity contribution in [2.75, 3.05) is 7.11 Å². The van der Waals surface area contributed by atoms with Crippen LogP contribution in [0.4, 0.5) is 0 Å². The molecule has 0 saturated heterocycles. The lowest BCUT2D eigenvalue weighted by Crippen LogP contribution is -2.04. The normalized spacial score (nSPS) is 10.3. The van der Waals surface area contributed by atoms with Gasteiger partial charge >= 0.3 is 0 Å². The molecule has 0 unspecified atom stereocenters. The zero-order valence-electron chi connectivity index (χ0n) is 11.5. The molecule has 0 radical (unpaired) electrons. The molecule has 2 aromatic carbocycles. The van der Waals surface area contributed by atoms with E-state index in [2.05, 4.69) is 9.97 Å². The van der Waals surface area contributed by atoms with Crippen LogP contribution in [0.15, 0.2) is 60.8 Å². The van der Waals surface area contributed by atoms with Gasteiger partial charge in [0.15, 0.2) is 0 Å². The maximum Gasteiger partial charge on any atom is 0.216 e. The summed E-state index contributed by atoms with van der Waals surface area (Å²) in [7, 11) is 1.55. The lowest BCUT2D eigenvalue weighted by molar-refractivity contribution is 0.103. The summed E-state index contributed by atoms with van der Waals surface area (Å²) < 4.78 is 5.22. The Morgan fingerprint density at radius 3 is 2.52 bits per heavy atom. The third-order valence-electron chi connectivity index (χ3n) is 3.21. The number of imidazole rings is 1. The van der Waals surface area contributed by atoms with Crippen molar-refractivity contribution in [3.8, 4) is 17.1 Å². The molecule has 0 bridgehead atoms. The molecule has 0 aliphatic rings. The highest BCUT2D eigenvalue weighted by Gasteiger charge is 2.17. The number of methoxy groups -OCH3 is 1. The van der Waals surface area contributed by atoms with E-state index >= 15 is 0 Å². The van der Waals surface area contributed by atoms with Crippen LogP contribution in [0.5, 0.6) is 5.75 Å². The Morgan fingerprint density at radius 1 is 1.05 bits per heavy atom. The molecule has 0 saturated carbocycles. The number of ether oxygens (including phenoxy) is 1. The molecular formula is C17H14N2O2. The SMILES string of the molecule is COc1ccccc1C(=O)c1c[nH]c(-c2ccccc2)n1. The summed E-state index contributed by atoms with van der Waals surface area (Å²) in [5.74, 6) is 1.06. The topological polar surface area (TPSA) is 55.0 Å². The zero-order chi connectivity index (χ0) is 14.7. The van der Waals surface area contributed by atoms with Gasteiger partial charge in [-0.25, -0.2) is 4.98 Å². The summed E-state index contributed by atoms with van der Waals surface area (Å²) >= 11 is 0. The smallest absolute Gasteiger partial charge is 0.216 e. The molecule has 104 valence electrons. The number of ketones is 1. The fourth-order valence-corrected chi connectivity index (χ4v) is 2.15. The van der Waals surface area contributed by atoms with Gasteiger partial charge in [-0.1, -0.05) is 42.5 Å². The predicted octanol–water partition coefficient (Wildman–Crippen LogP) is 3.32. The highest BCUT2D eigenvalue weighted by atomic mass is 16.5. The average Bonchev–Trinajstić information content (AvgIpc) is 3.05. The number of H-pyrrole nitrogens is 1. The molecule has 0 amide bonds. The van der Waals surface area contributed by atoms with Gasteiger partial charge in [0.2, 0.25) is 5.78 Å². The van der Waals surface area contributed by atoms with Gasteiger partial charge in [-0.15, -0.1) is 0 Å². The number of carbonyl (C=O) groups is 1. The predicted molar refractivity (Wildman–Crippen MR) is 80.5 cm³/mol. The molecule has 0 atom stereocenters. The number of rotatable bonds is 4. The lowest BCUT2D eigenvalue weighted by atomic mass is 10.1. The van der Waals surface area contributed by atoms with E-state index < -0.39 is 0 Å². The monoisotopic (exact) mass is 278 g/mol. The molecule has 4 heteroatoms. The first kappa shape index (κ1) is 13.1. The average molecular weight is 278 g/mol. The molecule has 1 aromatic heterocycles. The number of hydrogen-bond acceptors (Lipinski definition) is 3. The Kier molecular flexibility index (Phi) is 3.51. The second-order valence-electron chi connectivity index (χ2n) is 4.53. The zero-order valence-corrected chi connectivity index (χ0v) is 11.5. The van der Waals surface area contributed by atoms with Crippen LogP contribution in [0.2, 0.25) is 0 Å². The standard InChI is InChI=1S/C17H14N2O2/c1-21-15-10-6-5-9-13(15)16(20)14-11-18-17(19-14)12-7-3-2-4-8-12/h2-11H,1H3,(H,18,19). The van der Waals surface area contributed by atoms with Crippen LogP contribution >= 0.6 is 0 Å². The number of carbonyl (C=O) groups excluding carboxylic acids is 1. The van der Waals surface area contributed by atoms with E-state index in [1.807, 2.05) is 36.4 Å². The van der Waals surface area contributed by atoms with E-state index in [4.69, 9.17) is 4.74 Å². The van der Waals surface area contributed by atoms with E-state index in [9.17, 15) is 4.79 Å². The van der Waals surface area contributed by atoms with Crippen molar-refractivity contribution >= 4 is 5.78 Å². The molecule has 3 aromatic rings. The Morgan fingerprint density at radius 2 is 1.76 bits per heavy atom. The van der Waals surface area contributed by atoms with Gasteiger partial charge in [-0.3, -0.25) is 4.79 Å². The van der Waals surface area contributed by atoms with Crippen LogP contribution in [-0.2, 0) is 0 Å². The molecule has 0 fully saturated rings. The summed E-state index contributed by atoms with van der Waals surface area (Å²) in [4.78, 5) is 19.9. The van der Waals surface area contributed by atoms with Crippen molar-refractivity contribution in [2.24, 2.45) is 0 Å². The van der Waals surface area contributed by atoms with E-state index in [0.29, 0.717) is 22.8 Å². The molecule has 1 N–H and O–H groups in total. The van der Waals surface area contributed by atoms with Crippen LogP contribution in [0.3, 0.4) is 0 Å². The molecule has 4 nitrogen and oxygen atoms in total. The van der Waals surface area contributed by atoms with E-state index in [1.165, 1.54) is 0 Å². The van der Waals surface area contributed by atoms with Crippen molar-refractivity contribution < 1.29 is 9.53 Å². The molecule has 1 heterocycles. The van der Waals surface area contributed by atoms with Crippen molar-refractivity contribution in [1.29, 1.82) is 0 Å². The van der Waals surface area contributed by atoms with E-state index in [-0.39, 0.29) is 5.78 Å². The first-order valence-corrected chi connectivity index (χ1v) is 6.58. The Labute approximate surface area is 122 Å². The number of hydrogen-bond donors (Lipinski definition) is 1. The second-order valence-corrected chi connectivity index (χ2v) is 4.53. The van der Waals surface area contributed by atoms with Gasteiger partial charge in [-0.2, -0.15) is 0 Å². The summed E-state index contributed by atoms with van der Waals surface area (Å²) in [5, 5.41) is 0. The van der Waals surface area contributed by atoms with Crippen molar-refractivity contribution in [3.05, 3.63) is 72.1 Å². The van der Waals surface area contributed by atoms with Gasteiger partial charge in [0.1, 0.15) is 17.3 Å². The quantitative estimate of drug-likeness (QED) is 0.745. The summed E-state index contributed by atoms with van der Waals surface area (Å²) in [5.41, 5.74) is 1.82. The minimum atomic E-state index is -0.161. The summed E-state index contributed by atoms with van der Waals surface area (Å²) in [6.07, 6.45) is 1.62. The van der Waals surface area contributed by atoms with E-state index in [1.54, 1.807) is 31.5 Å². The first-order chi connectivity index (χ1) is 10.3. The number of nitrogens with one attached hydrogen (secondary N) is 1. The second kappa shape index (κ2) is 5.63. The summed E-state index contributed by atoms with van der Waals surface area (Å²) in [6.45, 7) is 0. The molecule has 3 rings (SSSR count). The Hall–Kier alpha value is -2.88. The van der Waals surface area contributed by atoms with Crippen LogP contribution in [0, 0.1) is 0 Å². The fourth-order valence-electron chi connectivity index (χ4n) is 2.15. The number of nitrogens with zero attached hydrogens (tertiary/aromatic N) is 1. The third kappa shape index (κ3) is 2.56. The van der Waals surface area contributed by atoms with E-state index in [0.717, 1.165) is 5.56 Å². The van der Waals surface area contributed by atoms with Crippen LogP contribution in [0.1, 0.15) is 16.1 Å². The maximum absolute atomic E-state index is 12.5. The van der Waals surface area contributed by atoms with Gasteiger partial charge in [0.25, 0.3) is 0 Å². The number of aromatic nitrogens is 2. The lowest BCUT2D eigenvalue weighted by Gasteiger charge is -2.05. The van der Waals surface area contributed by atoms with Gasteiger partial charge < -0.3 is 9.72 Å². The van der Waals surface area contributed by atoms with Gasteiger partial charge in [0.05, 0.1) is 12.7 Å². The maximum atomic E-state index is 12.5. The van der Waals surface area contributed by atoms with Crippen LogP contribution < -0.4 is 4.74 Å². The van der Waals surface area contributed by atoms with Crippen molar-refractivity contribution in [3.63, 3.8) is 0 Å². The van der Waals surface area contributed by atoms with Crippen molar-refractivity contribution in [1.82, 2.24) is 9.97 Å². The number of para-hydroxylation sites is 1. The minimum Gasteiger partial charge on any atom is -0.496 e. The molecule has 21 heavy (non-hydrogen) atoms. The molecule has 0 aliphatic heterocycles. The number of aromatic amines is 1.